The van der Waals surface area contributed by atoms with Crippen LogP contribution in [0, 0.1) is 5.41 Å². The van der Waals surface area contributed by atoms with Crippen molar-refractivity contribution in [3.05, 3.63) is 20.3 Å². The maximum atomic E-state index is 3.84. The SMILES string of the molecule is CC1=C(NC(C)(C)C)C([Si](C)(C)C)=[C]([Ti+2][N](C)C)C1(C)C.[Cl-].[Cl-]. The van der Waals surface area contributed by atoms with E-state index in [9.17, 15) is 0 Å². The first-order chi connectivity index (χ1) is 9.18. The minimum atomic E-state index is -1.38. The van der Waals surface area contributed by atoms with Crippen LogP contribution in [0.3, 0.4) is 0 Å². The summed E-state index contributed by atoms with van der Waals surface area (Å²) in [6.07, 6.45) is 0. The molecule has 0 bridgehead atoms. The largest absolute Gasteiger partial charge is 1.00 e. The normalized spacial score (nSPS) is 17.7. The number of halogens is 2. The Balaban J connectivity index is 0. The monoisotopic (exact) mass is 412 g/mol. The average molecular weight is 413 g/mol. The fourth-order valence-electron chi connectivity index (χ4n) is 2.83. The zero-order valence-corrected chi connectivity index (χ0v) is 20.8. The van der Waals surface area contributed by atoms with Gasteiger partial charge in [0, 0.05) is 0 Å². The summed E-state index contributed by atoms with van der Waals surface area (Å²) in [4.78, 5) is 0. The standard InChI is InChI=1S/C15H28NSi.C2H6N.2ClH.Ti/c1-11-13(16-14(2,3)4)12(17(7,8)9)10-15(11,5)6;1-3-2;;;/h16H,1-9H3;1-2H3;2*1H;/q;-1;;;+3/p-2. The van der Waals surface area contributed by atoms with Gasteiger partial charge in [0.25, 0.3) is 0 Å². The van der Waals surface area contributed by atoms with E-state index in [0.717, 1.165) is 0 Å². The van der Waals surface area contributed by atoms with Crippen molar-refractivity contribution >= 4 is 8.07 Å². The Bertz CT molecular complexity index is 484. The van der Waals surface area contributed by atoms with Crippen LogP contribution in [-0.4, -0.2) is 31.1 Å². The van der Waals surface area contributed by atoms with Gasteiger partial charge in [0.1, 0.15) is 0 Å². The first kappa shape index (κ1) is 26.0. The molecule has 1 aliphatic carbocycles. The molecule has 0 radical (unpaired) electrons. The molecule has 23 heavy (non-hydrogen) atoms. The fraction of sp³-hybridized carbons (Fsp3) is 0.765. The predicted octanol–water partition coefficient (Wildman–Crippen LogP) is -1.61. The smallest absolute Gasteiger partial charge is 1.00 e. The number of nitrogens with zero attached hydrogens (tertiary/aromatic N) is 1. The summed E-state index contributed by atoms with van der Waals surface area (Å²) >= 11 is -0.218. The maximum Gasteiger partial charge on any atom is -1.00 e. The van der Waals surface area contributed by atoms with Crippen molar-refractivity contribution < 1.29 is 44.2 Å². The molecular weight excluding hydrogens is 379 g/mol. The predicted molar refractivity (Wildman–Crippen MR) is 93.4 cm³/mol. The molecule has 0 atom stereocenters. The first-order valence-electron chi connectivity index (χ1n) is 7.87. The third-order valence-electron chi connectivity index (χ3n) is 4.02. The molecule has 1 rings (SSSR count). The molecule has 0 aromatic heterocycles. The number of nitrogens with one attached hydrogen (secondary N) is 1. The molecule has 0 spiro atoms. The molecule has 0 aromatic carbocycles. The quantitative estimate of drug-likeness (QED) is 0.558. The van der Waals surface area contributed by atoms with Crippen molar-refractivity contribution in [2.75, 3.05) is 14.1 Å². The summed E-state index contributed by atoms with van der Waals surface area (Å²) in [6.45, 7) is 21.4. The Kier molecular flexibility index (Phi) is 9.51. The van der Waals surface area contributed by atoms with Gasteiger partial charge in [-0.1, -0.05) is 0 Å². The topological polar surface area (TPSA) is 15.3 Å². The van der Waals surface area contributed by atoms with Gasteiger partial charge in [-0.2, -0.15) is 0 Å². The van der Waals surface area contributed by atoms with Gasteiger partial charge in [0.15, 0.2) is 0 Å². The van der Waals surface area contributed by atoms with Crippen LogP contribution in [0.2, 0.25) is 19.6 Å². The van der Waals surface area contributed by atoms with Gasteiger partial charge >= 0.3 is 143 Å². The zero-order chi connectivity index (χ0) is 16.8. The van der Waals surface area contributed by atoms with Crippen molar-refractivity contribution in [3.8, 4) is 0 Å². The number of hydrogen-bond acceptors (Lipinski definition) is 2. The number of rotatable bonds is 4. The van der Waals surface area contributed by atoms with Crippen molar-refractivity contribution in [1.82, 2.24) is 8.70 Å². The molecular formula is C17H34Cl2N2SiTi. The van der Waals surface area contributed by atoms with Crippen LogP contribution >= 0.6 is 0 Å². The van der Waals surface area contributed by atoms with E-state index in [0.29, 0.717) is 0 Å². The van der Waals surface area contributed by atoms with Crippen LogP contribution in [0.25, 0.3) is 0 Å². The zero-order valence-electron chi connectivity index (χ0n) is 16.7. The van der Waals surface area contributed by atoms with Crippen LogP contribution in [0.4, 0.5) is 0 Å². The van der Waals surface area contributed by atoms with Crippen molar-refractivity contribution in [2.24, 2.45) is 5.41 Å². The van der Waals surface area contributed by atoms with Crippen LogP contribution in [0.1, 0.15) is 41.5 Å². The summed E-state index contributed by atoms with van der Waals surface area (Å²) in [7, 11) is 3.08. The second kappa shape index (κ2) is 8.42. The van der Waals surface area contributed by atoms with Gasteiger partial charge in [0.05, 0.1) is 0 Å². The van der Waals surface area contributed by atoms with Crippen molar-refractivity contribution in [1.29, 1.82) is 0 Å². The number of hydrogen-bond donors (Lipinski definition) is 1. The van der Waals surface area contributed by atoms with Gasteiger partial charge in [-0.25, -0.2) is 0 Å². The van der Waals surface area contributed by atoms with Gasteiger partial charge in [-0.05, 0) is 0 Å². The van der Waals surface area contributed by atoms with Crippen LogP contribution < -0.4 is 30.1 Å². The van der Waals surface area contributed by atoms with E-state index in [1.165, 1.54) is 11.3 Å². The summed E-state index contributed by atoms with van der Waals surface area (Å²) in [5, 5.41) is 5.54. The fourth-order valence-corrected chi connectivity index (χ4v) is 8.67. The first-order valence-corrected chi connectivity index (χ1v) is 12.8. The Labute approximate surface area is 167 Å². The molecule has 0 heterocycles. The molecule has 0 unspecified atom stereocenters. The second-order valence-electron chi connectivity index (χ2n) is 9.01. The van der Waals surface area contributed by atoms with Crippen molar-refractivity contribution in [3.63, 3.8) is 0 Å². The van der Waals surface area contributed by atoms with E-state index in [2.05, 4.69) is 84.0 Å². The summed E-state index contributed by atoms with van der Waals surface area (Å²) in [5.74, 6) is 0. The Morgan fingerprint density at radius 3 is 1.78 bits per heavy atom. The molecule has 0 aromatic rings. The third kappa shape index (κ3) is 6.20. The Hall–Kier alpha value is 0.751. The molecule has 0 amide bonds. The average Bonchev–Trinajstić information content (AvgIpc) is 2.36. The van der Waals surface area contributed by atoms with Crippen LogP contribution in [-0.2, 0) is 19.4 Å². The van der Waals surface area contributed by atoms with E-state index in [-0.39, 0.29) is 55.2 Å². The number of allylic oxidation sites excluding steroid dienone is 3. The van der Waals surface area contributed by atoms with E-state index in [4.69, 9.17) is 0 Å². The molecule has 1 N–H and O–H groups in total. The van der Waals surface area contributed by atoms with E-state index >= 15 is 0 Å². The van der Waals surface area contributed by atoms with Gasteiger partial charge < -0.3 is 24.8 Å². The summed E-state index contributed by atoms with van der Waals surface area (Å²) in [6, 6.07) is 0. The minimum absolute atomic E-state index is 0. The summed E-state index contributed by atoms with van der Waals surface area (Å²) < 4.78 is 4.18. The van der Waals surface area contributed by atoms with Gasteiger partial charge in [0.2, 0.25) is 0 Å². The second-order valence-corrected chi connectivity index (χ2v) is 16.5. The molecule has 1 aliphatic rings. The molecule has 134 valence electrons. The van der Waals surface area contributed by atoms with E-state index < -0.39 is 8.07 Å². The molecule has 0 aliphatic heterocycles. The minimum Gasteiger partial charge on any atom is -1.00 e. The third-order valence-corrected chi connectivity index (χ3v) is 8.83. The molecule has 0 saturated carbocycles. The molecule has 0 fully saturated rings. The summed E-state index contributed by atoms with van der Waals surface area (Å²) in [5.41, 5.74) is 3.33. The van der Waals surface area contributed by atoms with E-state index in [1.807, 2.05) is 0 Å². The van der Waals surface area contributed by atoms with Crippen LogP contribution in [0.15, 0.2) is 20.3 Å². The van der Waals surface area contributed by atoms with Crippen LogP contribution in [0.5, 0.6) is 0 Å². The van der Waals surface area contributed by atoms with E-state index in [1.54, 1.807) is 9.07 Å². The Morgan fingerprint density at radius 1 is 1.04 bits per heavy atom. The van der Waals surface area contributed by atoms with Crippen molar-refractivity contribution in [2.45, 2.75) is 66.7 Å². The van der Waals surface area contributed by atoms with Gasteiger partial charge in [-0.3, -0.25) is 0 Å². The molecule has 2 nitrogen and oxygen atoms in total. The Morgan fingerprint density at radius 2 is 1.48 bits per heavy atom. The molecule has 0 saturated heterocycles. The van der Waals surface area contributed by atoms with Gasteiger partial charge in [-0.15, -0.1) is 0 Å². The molecule has 6 heteroatoms. The maximum absolute atomic E-state index is 3.84.